The summed E-state index contributed by atoms with van der Waals surface area (Å²) in [7, 11) is 1.41. The van der Waals surface area contributed by atoms with Gasteiger partial charge in [-0.25, -0.2) is 8.42 Å². The molecule has 0 aromatic heterocycles. The van der Waals surface area contributed by atoms with Crippen molar-refractivity contribution >= 4 is 37.2 Å². The average molecular weight is 350 g/mol. The van der Waals surface area contributed by atoms with Crippen molar-refractivity contribution in [2.45, 2.75) is 31.6 Å². The van der Waals surface area contributed by atoms with E-state index in [9.17, 15) is 13.2 Å². The Bertz CT molecular complexity index is 671. The van der Waals surface area contributed by atoms with Gasteiger partial charge < -0.3 is 4.90 Å². The number of benzene rings is 1. The Morgan fingerprint density at radius 3 is 2.52 bits per heavy atom. The number of halogens is 2. The normalized spacial score (nSPS) is 18.6. The molecular weight excluding hydrogens is 333 g/mol. The molecule has 116 valence electrons. The van der Waals surface area contributed by atoms with Gasteiger partial charge in [-0.1, -0.05) is 25.4 Å². The van der Waals surface area contributed by atoms with Gasteiger partial charge in [0.25, 0.3) is 15.0 Å². The van der Waals surface area contributed by atoms with E-state index in [-0.39, 0.29) is 26.8 Å². The fourth-order valence-electron chi connectivity index (χ4n) is 2.61. The number of amides is 1. The Morgan fingerprint density at radius 1 is 1.29 bits per heavy atom. The average Bonchev–Trinajstić information content (AvgIpc) is 2.35. The molecule has 0 aliphatic carbocycles. The zero-order valence-electron chi connectivity index (χ0n) is 11.9. The Hall–Kier alpha value is -0.780. The molecule has 1 saturated heterocycles. The molecule has 1 aliphatic rings. The second-order valence-electron chi connectivity index (χ2n) is 6.11. The van der Waals surface area contributed by atoms with Crippen LogP contribution in [-0.2, 0) is 9.05 Å². The molecule has 1 fully saturated rings. The van der Waals surface area contributed by atoms with E-state index in [0.29, 0.717) is 13.1 Å². The molecule has 1 aliphatic heterocycles. The molecule has 0 spiro atoms. The van der Waals surface area contributed by atoms with Gasteiger partial charge in [0.15, 0.2) is 0 Å². The van der Waals surface area contributed by atoms with Crippen molar-refractivity contribution in [3.63, 3.8) is 0 Å². The Morgan fingerprint density at radius 2 is 1.95 bits per heavy atom. The number of likely N-dealkylation sites (tertiary alicyclic amines) is 1. The second kappa shape index (κ2) is 5.78. The lowest BCUT2D eigenvalue weighted by Crippen LogP contribution is -2.43. The monoisotopic (exact) mass is 349 g/mol. The SMILES string of the molecule is CC1(C)CCCN(C(=O)c2cc(Cl)cc(S(=O)(=O)Cl)c2)C1. The van der Waals surface area contributed by atoms with Gasteiger partial charge >= 0.3 is 0 Å². The topological polar surface area (TPSA) is 54.5 Å². The third-order valence-electron chi connectivity index (χ3n) is 3.59. The molecule has 21 heavy (non-hydrogen) atoms. The Labute approximate surface area is 134 Å². The molecular formula is C14H17Cl2NO3S. The summed E-state index contributed by atoms with van der Waals surface area (Å²) < 4.78 is 22.8. The van der Waals surface area contributed by atoms with Crippen molar-refractivity contribution in [3.05, 3.63) is 28.8 Å². The summed E-state index contributed by atoms with van der Waals surface area (Å²) in [6.45, 7) is 5.52. The maximum absolute atomic E-state index is 12.5. The number of hydrogen-bond acceptors (Lipinski definition) is 3. The van der Waals surface area contributed by atoms with E-state index in [1.165, 1.54) is 18.2 Å². The summed E-state index contributed by atoms with van der Waals surface area (Å²) in [5, 5.41) is 0.177. The van der Waals surface area contributed by atoms with Crippen LogP contribution in [0.2, 0.25) is 5.02 Å². The number of nitrogens with zero attached hydrogens (tertiary/aromatic N) is 1. The smallest absolute Gasteiger partial charge is 0.261 e. The third-order valence-corrected chi connectivity index (χ3v) is 5.14. The lowest BCUT2D eigenvalue weighted by atomic mass is 9.84. The van der Waals surface area contributed by atoms with Crippen LogP contribution in [0.25, 0.3) is 0 Å². The standard InChI is InChI=1S/C14H17Cl2NO3S/c1-14(2)4-3-5-17(9-14)13(18)10-6-11(15)8-12(7-10)21(16,19)20/h6-8H,3-5,9H2,1-2H3. The minimum absolute atomic E-state index is 0.0634. The van der Waals surface area contributed by atoms with E-state index in [1.807, 2.05) is 0 Å². The summed E-state index contributed by atoms with van der Waals surface area (Å²) in [5.74, 6) is -0.216. The van der Waals surface area contributed by atoms with Crippen LogP contribution in [0.15, 0.2) is 23.1 Å². The molecule has 0 unspecified atom stereocenters. The van der Waals surface area contributed by atoms with Crippen molar-refractivity contribution in [2.75, 3.05) is 13.1 Å². The van der Waals surface area contributed by atoms with E-state index in [4.69, 9.17) is 22.3 Å². The molecule has 0 bridgehead atoms. The summed E-state index contributed by atoms with van der Waals surface area (Å²) in [5.41, 5.74) is 0.313. The molecule has 7 heteroatoms. The first-order valence-electron chi connectivity index (χ1n) is 6.63. The van der Waals surface area contributed by atoms with Gasteiger partial charge in [-0.05, 0) is 36.5 Å². The van der Waals surface area contributed by atoms with E-state index < -0.39 is 9.05 Å². The molecule has 1 heterocycles. The minimum Gasteiger partial charge on any atom is -0.338 e. The number of piperidine rings is 1. The fourth-order valence-corrected chi connectivity index (χ4v) is 3.71. The highest BCUT2D eigenvalue weighted by atomic mass is 35.7. The molecule has 4 nitrogen and oxygen atoms in total. The molecule has 1 aromatic rings. The molecule has 1 amide bonds. The number of hydrogen-bond donors (Lipinski definition) is 0. The van der Waals surface area contributed by atoms with Gasteiger partial charge in [0.2, 0.25) is 0 Å². The van der Waals surface area contributed by atoms with Crippen LogP contribution < -0.4 is 0 Å². The molecule has 0 atom stereocenters. The highest BCUT2D eigenvalue weighted by Crippen LogP contribution is 2.30. The van der Waals surface area contributed by atoms with Crippen LogP contribution in [0, 0.1) is 5.41 Å². The van der Waals surface area contributed by atoms with Crippen LogP contribution in [0.4, 0.5) is 0 Å². The first kappa shape index (κ1) is 16.6. The molecule has 0 N–H and O–H groups in total. The maximum atomic E-state index is 12.5. The van der Waals surface area contributed by atoms with Crippen molar-refractivity contribution in [1.82, 2.24) is 4.90 Å². The Kier molecular flexibility index (Phi) is 4.57. The molecule has 2 rings (SSSR count). The van der Waals surface area contributed by atoms with E-state index in [2.05, 4.69) is 13.8 Å². The fraction of sp³-hybridized carbons (Fsp3) is 0.500. The number of rotatable bonds is 2. The first-order valence-corrected chi connectivity index (χ1v) is 9.32. The van der Waals surface area contributed by atoms with Gasteiger partial charge in [-0.2, -0.15) is 0 Å². The third kappa shape index (κ3) is 4.11. The van der Waals surface area contributed by atoms with Crippen molar-refractivity contribution < 1.29 is 13.2 Å². The lowest BCUT2D eigenvalue weighted by molar-refractivity contribution is 0.0583. The van der Waals surface area contributed by atoms with Crippen LogP contribution in [0.1, 0.15) is 37.0 Å². The van der Waals surface area contributed by atoms with Crippen molar-refractivity contribution in [3.8, 4) is 0 Å². The van der Waals surface area contributed by atoms with E-state index in [0.717, 1.165) is 12.8 Å². The predicted octanol–water partition coefficient (Wildman–Crippen LogP) is 3.53. The van der Waals surface area contributed by atoms with Gasteiger partial charge in [0.05, 0.1) is 4.90 Å². The highest BCUT2D eigenvalue weighted by Gasteiger charge is 2.30. The van der Waals surface area contributed by atoms with Gasteiger partial charge in [-0.15, -0.1) is 0 Å². The van der Waals surface area contributed by atoms with E-state index >= 15 is 0 Å². The summed E-state index contributed by atoms with van der Waals surface area (Å²) in [6.07, 6.45) is 1.99. The lowest BCUT2D eigenvalue weighted by Gasteiger charge is -2.38. The molecule has 1 aromatic carbocycles. The summed E-state index contributed by atoms with van der Waals surface area (Å²) in [6, 6.07) is 3.98. The van der Waals surface area contributed by atoms with Crippen LogP contribution in [0.3, 0.4) is 0 Å². The maximum Gasteiger partial charge on any atom is 0.261 e. The van der Waals surface area contributed by atoms with Gasteiger partial charge in [0.1, 0.15) is 0 Å². The first-order chi connectivity index (χ1) is 9.58. The number of carbonyl (C=O) groups excluding carboxylic acids is 1. The quantitative estimate of drug-likeness (QED) is 0.767. The zero-order valence-corrected chi connectivity index (χ0v) is 14.2. The van der Waals surface area contributed by atoms with Crippen LogP contribution in [0.5, 0.6) is 0 Å². The largest absolute Gasteiger partial charge is 0.338 e. The molecule has 0 saturated carbocycles. The zero-order chi connectivity index (χ0) is 15.8. The summed E-state index contributed by atoms with van der Waals surface area (Å²) >= 11 is 5.90. The van der Waals surface area contributed by atoms with E-state index in [1.54, 1.807) is 4.90 Å². The minimum atomic E-state index is -3.92. The highest BCUT2D eigenvalue weighted by molar-refractivity contribution is 8.13. The van der Waals surface area contributed by atoms with Gasteiger partial charge in [0, 0.05) is 34.4 Å². The van der Waals surface area contributed by atoms with Crippen LogP contribution in [-0.4, -0.2) is 32.3 Å². The van der Waals surface area contributed by atoms with Gasteiger partial charge in [-0.3, -0.25) is 4.79 Å². The number of carbonyl (C=O) groups is 1. The molecule has 0 radical (unpaired) electrons. The second-order valence-corrected chi connectivity index (χ2v) is 9.11. The van der Waals surface area contributed by atoms with Crippen molar-refractivity contribution in [1.29, 1.82) is 0 Å². The van der Waals surface area contributed by atoms with Crippen molar-refractivity contribution in [2.24, 2.45) is 5.41 Å². The van der Waals surface area contributed by atoms with Crippen LogP contribution >= 0.6 is 22.3 Å². The predicted molar refractivity (Wildman–Crippen MR) is 83.4 cm³/mol. The Balaban J connectivity index is 2.33. The summed E-state index contributed by atoms with van der Waals surface area (Å²) in [4.78, 5) is 14.1.